The highest BCUT2D eigenvalue weighted by Gasteiger charge is 2.28. The number of carbonyl (C=O) groups is 1. The lowest BCUT2D eigenvalue weighted by molar-refractivity contribution is 0.0108. The summed E-state index contributed by atoms with van der Waals surface area (Å²) in [6.07, 6.45) is -0.866. The molecule has 5 N–H and O–H groups in total. The van der Waals surface area contributed by atoms with Crippen molar-refractivity contribution in [3.8, 4) is 11.1 Å². The van der Waals surface area contributed by atoms with Gasteiger partial charge in [0.15, 0.2) is 0 Å². The maximum atomic E-state index is 12.1. The third-order valence-electron chi connectivity index (χ3n) is 5.10. The van der Waals surface area contributed by atoms with Crippen LogP contribution >= 0.6 is 0 Å². The first kappa shape index (κ1) is 22.2. The average Bonchev–Trinajstić information content (AvgIpc) is 3.03. The Morgan fingerprint density at radius 2 is 1.73 bits per heavy atom. The summed E-state index contributed by atoms with van der Waals surface area (Å²) in [5.74, 6) is 0.0770. The van der Waals surface area contributed by atoms with Gasteiger partial charge in [-0.2, -0.15) is 0 Å². The number of aliphatic hydroxyl groups is 1. The molecule has 3 rings (SSSR count). The number of rotatable bonds is 10. The van der Waals surface area contributed by atoms with Crippen LogP contribution in [-0.2, 0) is 9.47 Å². The first-order valence-electron chi connectivity index (χ1n) is 10.2. The van der Waals surface area contributed by atoms with Crippen molar-refractivity contribution in [2.75, 3.05) is 26.5 Å². The molecule has 7 heteroatoms. The molecular weight excluding hydrogens is 382 g/mol. The van der Waals surface area contributed by atoms with Gasteiger partial charge < -0.3 is 25.6 Å². The highest BCUT2D eigenvalue weighted by molar-refractivity contribution is 5.79. The monoisotopic (exact) mass is 413 g/mol. The number of nitrogens with two attached hydrogens (primary N) is 1. The van der Waals surface area contributed by atoms with E-state index in [-0.39, 0.29) is 24.8 Å². The van der Waals surface area contributed by atoms with E-state index in [4.69, 9.17) is 15.2 Å². The largest absolute Gasteiger partial charge is 0.445 e. The predicted octanol–water partition coefficient (Wildman–Crippen LogP) is 2.53. The number of fused-ring (bicyclic) bond motifs is 3. The van der Waals surface area contributed by atoms with Crippen molar-refractivity contribution in [1.82, 2.24) is 10.6 Å². The fourth-order valence-corrected chi connectivity index (χ4v) is 3.49. The minimum absolute atomic E-state index is 0.0770. The van der Waals surface area contributed by atoms with E-state index in [0.717, 1.165) is 0 Å². The van der Waals surface area contributed by atoms with Crippen LogP contribution in [0, 0.1) is 0 Å². The first-order chi connectivity index (χ1) is 14.3. The topological polar surface area (TPSA) is 106 Å². The number of carbonyl (C=O) groups excluding carboxylic acids is 1. The molecule has 0 aliphatic heterocycles. The van der Waals surface area contributed by atoms with Crippen LogP contribution in [0.5, 0.6) is 0 Å². The van der Waals surface area contributed by atoms with Gasteiger partial charge in [-0.15, -0.1) is 0 Å². The van der Waals surface area contributed by atoms with E-state index in [1.807, 2.05) is 38.1 Å². The molecule has 1 amide bonds. The van der Waals surface area contributed by atoms with Crippen molar-refractivity contribution in [3.05, 3.63) is 59.7 Å². The second kappa shape index (κ2) is 10.0. The van der Waals surface area contributed by atoms with Gasteiger partial charge in [0.05, 0.1) is 13.3 Å². The van der Waals surface area contributed by atoms with Gasteiger partial charge >= 0.3 is 6.09 Å². The van der Waals surface area contributed by atoms with E-state index < -0.39 is 12.3 Å². The second-order valence-corrected chi connectivity index (χ2v) is 8.22. The lowest BCUT2D eigenvalue weighted by Crippen LogP contribution is -2.38. The summed E-state index contributed by atoms with van der Waals surface area (Å²) in [4.78, 5) is 12.1. The molecule has 0 bridgehead atoms. The molecule has 1 aliphatic carbocycles. The van der Waals surface area contributed by atoms with Crippen LogP contribution in [0.2, 0.25) is 0 Å². The maximum absolute atomic E-state index is 12.1. The number of ether oxygens (including phenoxy) is 2. The van der Waals surface area contributed by atoms with Crippen LogP contribution in [-0.4, -0.2) is 49.5 Å². The molecule has 0 heterocycles. The van der Waals surface area contributed by atoms with Crippen molar-refractivity contribution in [1.29, 1.82) is 0 Å². The van der Waals surface area contributed by atoms with Gasteiger partial charge in [0, 0.05) is 18.0 Å². The van der Waals surface area contributed by atoms with Crippen molar-refractivity contribution in [3.63, 3.8) is 0 Å². The van der Waals surface area contributed by atoms with Crippen molar-refractivity contribution < 1.29 is 19.4 Å². The normalized spacial score (nSPS) is 14.1. The van der Waals surface area contributed by atoms with Gasteiger partial charge in [-0.3, -0.25) is 5.32 Å². The molecule has 7 nitrogen and oxygen atoms in total. The van der Waals surface area contributed by atoms with E-state index in [2.05, 4.69) is 34.9 Å². The Bertz CT molecular complexity index is 805. The minimum atomic E-state index is -1.01. The third kappa shape index (κ3) is 6.03. The number of hydrogen-bond donors (Lipinski definition) is 4. The molecule has 1 atom stereocenters. The average molecular weight is 414 g/mol. The highest BCUT2D eigenvalue weighted by atomic mass is 16.6. The van der Waals surface area contributed by atoms with Gasteiger partial charge in [-0.25, -0.2) is 4.79 Å². The first-order valence-corrected chi connectivity index (χ1v) is 10.2. The Hall–Kier alpha value is -2.45. The van der Waals surface area contributed by atoms with E-state index in [9.17, 15) is 9.90 Å². The number of amides is 1. The Kier molecular flexibility index (Phi) is 7.44. The Morgan fingerprint density at radius 1 is 1.13 bits per heavy atom. The molecule has 0 radical (unpaired) electrons. The number of benzene rings is 2. The van der Waals surface area contributed by atoms with Crippen LogP contribution < -0.4 is 16.4 Å². The Labute approximate surface area is 177 Å². The van der Waals surface area contributed by atoms with Crippen LogP contribution in [0.4, 0.5) is 4.79 Å². The molecule has 30 heavy (non-hydrogen) atoms. The summed E-state index contributed by atoms with van der Waals surface area (Å²) >= 11 is 0. The lowest BCUT2D eigenvalue weighted by atomic mass is 9.97. The van der Waals surface area contributed by atoms with Gasteiger partial charge in [0.1, 0.15) is 12.8 Å². The fourth-order valence-electron chi connectivity index (χ4n) is 3.49. The molecule has 0 aromatic heterocycles. The zero-order valence-corrected chi connectivity index (χ0v) is 17.6. The fraction of sp³-hybridized carbons (Fsp3) is 0.435. The van der Waals surface area contributed by atoms with E-state index in [0.29, 0.717) is 19.6 Å². The summed E-state index contributed by atoms with van der Waals surface area (Å²) in [7, 11) is 0. The lowest BCUT2D eigenvalue weighted by Gasteiger charge is -2.19. The van der Waals surface area contributed by atoms with Gasteiger partial charge in [-0.05, 0) is 42.5 Å². The Morgan fingerprint density at radius 3 is 2.33 bits per heavy atom. The second-order valence-electron chi connectivity index (χ2n) is 8.22. The summed E-state index contributed by atoms with van der Waals surface area (Å²) in [5.41, 5.74) is 10.4. The number of aliphatic hydroxyl groups excluding tert-OH is 1. The van der Waals surface area contributed by atoms with Crippen LogP contribution in [0.1, 0.15) is 37.3 Å². The SMILES string of the molecule is CC(C)(N)CCOCNC(O)COC(=O)NCC1c2ccccc2-c2ccccc21. The van der Waals surface area contributed by atoms with Crippen molar-refractivity contribution in [2.24, 2.45) is 5.73 Å². The van der Waals surface area contributed by atoms with Crippen molar-refractivity contribution >= 4 is 6.09 Å². The molecule has 0 saturated heterocycles. The van der Waals surface area contributed by atoms with E-state index in [1.165, 1.54) is 22.3 Å². The van der Waals surface area contributed by atoms with Crippen LogP contribution in [0.25, 0.3) is 11.1 Å². The van der Waals surface area contributed by atoms with Gasteiger partial charge in [-0.1, -0.05) is 48.5 Å². The Balaban J connectivity index is 1.40. The summed E-state index contributed by atoms with van der Waals surface area (Å²) < 4.78 is 10.5. The molecule has 0 spiro atoms. The standard InChI is InChI=1S/C23H31N3O4/c1-23(2,24)11-12-29-15-26-21(27)14-30-22(28)25-13-20-18-9-5-3-7-16(18)17-8-4-6-10-19(17)20/h3-10,20-21,26-27H,11-15,24H2,1-2H3,(H,25,28). The molecule has 0 fully saturated rings. The smallest absolute Gasteiger partial charge is 0.407 e. The summed E-state index contributed by atoms with van der Waals surface area (Å²) in [5, 5.41) is 15.4. The summed E-state index contributed by atoms with van der Waals surface area (Å²) in [6, 6.07) is 16.4. The number of nitrogens with one attached hydrogen (secondary N) is 2. The minimum Gasteiger partial charge on any atom is -0.445 e. The van der Waals surface area contributed by atoms with Crippen molar-refractivity contribution in [2.45, 2.75) is 38.0 Å². The van der Waals surface area contributed by atoms with E-state index in [1.54, 1.807) is 0 Å². The molecule has 1 unspecified atom stereocenters. The van der Waals surface area contributed by atoms with Gasteiger partial charge in [0.2, 0.25) is 0 Å². The van der Waals surface area contributed by atoms with E-state index >= 15 is 0 Å². The number of alkyl carbamates (subject to hydrolysis) is 1. The third-order valence-corrected chi connectivity index (χ3v) is 5.10. The molecular formula is C23H31N3O4. The molecule has 2 aromatic rings. The summed E-state index contributed by atoms with van der Waals surface area (Å²) in [6.45, 7) is 4.73. The molecule has 162 valence electrons. The predicted molar refractivity (Wildman–Crippen MR) is 116 cm³/mol. The zero-order valence-electron chi connectivity index (χ0n) is 17.6. The zero-order chi connectivity index (χ0) is 21.6. The number of hydrogen-bond acceptors (Lipinski definition) is 6. The van der Waals surface area contributed by atoms with Gasteiger partial charge in [0.25, 0.3) is 0 Å². The highest BCUT2D eigenvalue weighted by Crippen LogP contribution is 2.43. The molecule has 2 aromatic carbocycles. The van der Waals surface area contributed by atoms with Crippen LogP contribution in [0.3, 0.4) is 0 Å². The van der Waals surface area contributed by atoms with Crippen LogP contribution in [0.15, 0.2) is 48.5 Å². The maximum Gasteiger partial charge on any atom is 0.407 e. The molecule has 0 saturated carbocycles. The quantitative estimate of drug-likeness (QED) is 0.352. The molecule has 1 aliphatic rings.